The lowest BCUT2D eigenvalue weighted by Crippen LogP contribution is -2.16. The van der Waals surface area contributed by atoms with Crippen LogP contribution in [0.1, 0.15) is 25.0 Å². The first kappa shape index (κ1) is 33.6. The highest BCUT2D eigenvalue weighted by Crippen LogP contribution is 2.53. The highest BCUT2D eigenvalue weighted by atomic mass is 15.1. The van der Waals surface area contributed by atoms with E-state index in [4.69, 9.17) is 0 Å². The monoisotopic (exact) mass is 715 g/mol. The summed E-state index contributed by atoms with van der Waals surface area (Å²) in [4.78, 5) is 2.50. The molecule has 0 aromatic heterocycles. The second-order valence-corrected chi connectivity index (χ2v) is 15.3. The number of para-hydroxylation sites is 1. The molecule has 0 spiro atoms. The number of hydrogen-bond donors (Lipinski definition) is 0. The van der Waals surface area contributed by atoms with Crippen LogP contribution in [0.2, 0.25) is 0 Å². The molecule has 9 aromatic carbocycles. The number of hydrogen-bond acceptors (Lipinski definition) is 1. The maximum absolute atomic E-state index is 2.50. The average Bonchev–Trinajstić information content (AvgIpc) is 3.48. The van der Waals surface area contributed by atoms with Crippen LogP contribution < -0.4 is 4.90 Å². The van der Waals surface area contributed by atoms with Crippen LogP contribution in [-0.4, -0.2) is 0 Å². The van der Waals surface area contributed by atoms with Crippen molar-refractivity contribution in [2.45, 2.75) is 19.3 Å². The fraction of sp³-hybridized carbons (Fsp3) is 0.0545. The van der Waals surface area contributed by atoms with Crippen molar-refractivity contribution in [3.05, 3.63) is 223 Å². The summed E-state index contributed by atoms with van der Waals surface area (Å²) in [5.41, 5.74) is 18.1. The summed E-state index contributed by atoms with van der Waals surface area (Å²) in [5.74, 6) is 0. The maximum Gasteiger partial charge on any atom is 0.0540 e. The SMILES string of the molecule is CC1(C)c2ccc(N(c3ccc(-c4ccccc4)cc3-c3ccccc3)c3ccccc3-c3ccccc3-c3ccccc3)cc2-c2cc3ccccc3cc21. The van der Waals surface area contributed by atoms with Gasteiger partial charge in [0.15, 0.2) is 0 Å². The van der Waals surface area contributed by atoms with E-state index in [2.05, 4.69) is 231 Å². The van der Waals surface area contributed by atoms with E-state index < -0.39 is 0 Å². The number of rotatable bonds is 7. The quantitative estimate of drug-likeness (QED) is 0.159. The molecule has 0 N–H and O–H groups in total. The fourth-order valence-electron chi connectivity index (χ4n) is 8.85. The predicted molar refractivity (Wildman–Crippen MR) is 238 cm³/mol. The van der Waals surface area contributed by atoms with E-state index in [-0.39, 0.29) is 5.41 Å². The number of nitrogens with zero attached hydrogens (tertiary/aromatic N) is 1. The minimum absolute atomic E-state index is 0.128. The van der Waals surface area contributed by atoms with Gasteiger partial charge >= 0.3 is 0 Å². The van der Waals surface area contributed by atoms with Crippen molar-refractivity contribution in [1.82, 2.24) is 0 Å². The van der Waals surface area contributed by atoms with Gasteiger partial charge in [0.2, 0.25) is 0 Å². The minimum atomic E-state index is -0.128. The van der Waals surface area contributed by atoms with Crippen molar-refractivity contribution in [2.75, 3.05) is 4.90 Å². The molecule has 0 saturated heterocycles. The standard InChI is InChI=1S/C55H41N/c1-55(2)51-32-31-44(37-50(51)49-35-41-24-12-13-25-42(41)36-52(49)55)56(53-29-17-16-28-47(53)46-27-15-14-26-45(46)39-20-8-4-9-21-39)54-33-30-43(38-18-6-3-7-19-38)34-48(54)40-22-10-5-11-23-40/h3-37H,1-2H3. The second kappa shape index (κ2) is 13.7. The Morgan fingerprint density at radius 3 is 1.52 bits per heavy atom. The summed E-state index contributed by atoms with van der Waals surface area (Å²) in [5, 5.41) is 2.55. The van der Waals surface area contributed by atoms with E-state index in [9.17, 15) is 0 Å². The van der Waals surface area contributed by atoms with Crippen LogP contribution in [0.4, 0.5) is 17.1 Å². The van der Waals surface area contributed by atoms with Gasteiger partial charge in [0.05, 0.1) is 11.4 Å². The lowest BCUT2D eigenvalue weighted by Gasteiger charge is -2.31. The molecule has 10 rings (SSSR count). The Labute approximate surface area is 329 Å². The second-order valence-electron chi connectivity index (χ2n) is 15.3. The average molecular weight is 716 g/mol. The molecule has 1 aliphatic rings. The van der Waals surface area contributed by atoms with Gasteiger partial charge in [-0.05, 0) is 109 Å². The molecular formula is C55H41N. The molecule has 56 heavy (non-hydrogen) atoms. The molecule has 9 aromatic rings. The van der Waals surface area contributed by atoms with Crippen molar-refractivity contribution in [3.8, 4) is 55.6 Å². The Morgan fingerprint density at radius 2 is 0.821 bits per heavy atom. The van der Waals surface area contributed by atoms with Gasteiger partial charge in [-0.3, -0.25) is 0 Å². The molecule has 0 unspecified atom stereocenters. The highest BCUT2D eigenvalue weighted by molar-refractivity contribution is 6.00. The lowest BCUT2D eigenvalue weighted by molar-refractivity contribution is 0.661. The summed E-state index contributed by atoms with van der Waals surface area (Å²) in [6, 6.07) is 77.7. The first-order chi connectivity index (χ1) is 27.5. The zero-order valence-corrected chi connectivity index (χ0v) is 31.7. The van der Waals surface area contributed by atoms with Gasteiger partial charge < -0.3 is 4.90 Å². The normalized spacial score (nSPS) is 12.6. The molecule has 0 bridgehead atoms. The molecule has 0 fully saturated rings. The largest absolute Gasteiger partial charge is 0.309 e. The molecule has 0 saturated carbocycles. The van der Waals surface area contributed by atoms with Gasteiger partial charge in [-0.25, -0.2) is 0 Å². The number of benzene rings is 9. The van der Waals surface area contributed by atoms with E-state index in [1.807, 2.05) is 0 Å². The van der Waals surface area contributed by atoms with Crippen LogP contribution in [-0.2, 0) is 5.41 Å². The Morgan fingerprint density at radius 1 is 0.304 bits per heavy atom. The van der Waals surface area contributed by atoms with Crippen molar-refractivity contribution in [3.63, 3.8) is 0 Å². The Balaban J connectivity index is 1.25. The van der Waals surface area contributed by atoms with Crippen molar-refractivity contribution >= 4 is 27.8 Å². The molecule has 0 heterocycles. The molecule has 1 nitrogen and oxygen atoms in total. The van der Waals surface area contributed by atoms with Gasteiger partial charge in [-0.15, -0.1) is 0 Å². The zero-order valence-electron chi connectivity index (χ0n) is 31.7. The lowest BCUT2D eigenvalue weighted by atomic mass is 9.82. The van der Waals surface area contributed by atoms with E-state index in [1.54, 1.807) is 0 Å². The van der Waals surface area contributed by atoms with E-state index >= 15 is 0 Å². The minimum Gasteiger partial charge on any atom is -0.309 e. The van der Waals surface area contributed by atoms with Crippen molar-refractivity contribution < 1.29 is 0 Å². The summed E-state index contributed by atoms with van der Waals surface area (Å²) in [7, 11) is 0. The number of fused-ring (bicyclic) bond motifs is 4. The third-order valence-corrected chi connectivity index (χ3v) is 11.7. The first-order valence-corrected chi connectivity index (χ1v) is 19.5. The smallest absolute Gasteiger partial charge is 0.0540 e. The summed E-state index contributed by atoms with van der Waals surface area (Å²) in [6.07, 6.45) is 0. The molecule has 1 aliphatic carbocycles. The van der Waals surface area contributed by atoms with Crippen LogP contribution in [0, 0.1) is 0 Å². The van der Waals surface area contributed by atoms with Crippen LogP contribution in [0.3, 0.4) is 0 Å². The molecule has 0 aliphatic heterocycles. The molecule has 0 radical (unpaired) electrons. The van der Waals surface area contributed by atoms with Gasteiger partial charge in [-0.2, -0.15) is 0 Å². The summed E-state index contributed by atoms with van der Waals surface area (Å²) in [6.45, 7) is 4.74. The van der Waals surface area contributed by atoms with Gasteiger partial charge in [-0.1, -0.05) is 184 Å². The van der Waals surface area contributed by atoms with E-state index in [0.29, 0.717) is 0 Å². The van der Waals surface area contributed by atoms with Gasteiger partial charge in [0, 0.05) is 22.2 Å². The Bertz CT molecular complexity index is 2870. The Hall–Kier alpha value is -6.96. The van der Waals surface area contributed by atoms with Crippen LogP contribution >= 0.6 is 0 Å². The topological polar surface area (TPSA) is 3.24 Å². The summed E-state index contributed by atoms with van der Waals surface area (Å²) < 4.78 is 0. The fourth-order valence-corrected chi connectivity index (χ4v) is 8.85. The molecule has 1 heteroatoms. The van der Waals surface area contributed by atoms with Crippen LogP contribution in [0.5, 0.6) is 0 Å². The molecular weight excluding hydrogens is 675 g/mol. The van der Waals surface area contributed by atoms with Crippen LogP contribution in [0.15, 0.2) is 212 Å². The third kappa shape index (κ3) is 5.72. The molecule has 266 valence electrons. The molecule has 0 atom stereocenters. The maximum atomic E-state index is 2.50. The predicted octanol–water partition coefficient (Wildman–Crippen LogP) is 15.3. The molecule has 0 amide bonds. The van der Waals surface area contributed by atoms with Crippen molar-refractivity contribution in [2.24, 2.45) is 0 Å². The van der Waals surface area contributed by atoms with Crippen LogP contribution in [0.25, 0.3) is 66.4 Å². The van der Waals surface area contributed by atoms with E-state index in [0.717, 1.165) is 17.1 Å². The number of anilines is 3. The first-order valence-electron chi connectivity index (χ1n) is 19.5. The highest BCUT2D eigenvalue weighted by Gasteiger charge is 2.36. The zero-order chi connectivity index (χ0) is 37.6. The van der Waals surface area contributed by atoms with Gasteiger partial charge in [0.1, 0.15) is 0 Å². The third-order valence-electron chi connectivity index (χ3n) is 11.7. The summed E-state index contributed by atoms with van der Waals surface area (Å²) >= 11 is 0. The van der Waals surface area contributed by atoms with E-state index in [1.165, 1.54) is 77.5 Å². The van der Waals surface area contributed by atoms with Gasteiger partial charge in [0.25, 0.3) is 0 Å². The Kier molecular flexibility index (Phi) is 8.23. The van der Waals surface area contributed by atoms with Crippen molar-refractivity contribution in [1.29, 1.82) is 0 Å².